The standard InChI is InChI=1S/C21H20ClN3O5/c1-27-15-8-7-14-18(13(15)6-5-9-23-22)24-25-19(14)20(26)12-10-16(28-2)21(30-4)17(11-12)29-3/h7-8,10-11,23H,9H2,1-4H3,(H,24,25). The number of ether oxygens (including phenoxy) is 4. The van der Waals surface area contributed by atoms with Gasteiger partial charge in [0.25, 0.3) is 0 Å². The number of aromatic amines is 1. The van der Waals surface area contributed by atoms with Crippen LogP contribution in [-0.4, -0.2) is 51.0 Å². The van der Waals surface area contributed by atoms with Crippen molar-refractivity contribution in [1.29, 1.82) is 0 Å². The summed E-state index contributed by atoms with van der Waals surface area (Å²) < 4.78 is 21.4. The largest absolute Gasteiger partial charge is 0.495 e. The van der Waals surface area contributed by atoms with E-state index in [4.69, 9.17) is 30.7 Å². The quantitative estimate of drug-likeness (QED) is 0.339. The maximum Gasteiger partial charge on any atom is 0.211 e. The number of nitrogens with zero attached hydrogens (tertiary/aromatic N) is 1. The number of fused-ring (bicyclic) bond motifs is 1. The molecule has 0 aliphatic heterocycles. The number of carbonyl (C=O) groups is 1. The lowest BCUT2D eigenvalue weighted by Gasteiger charge is -2.13. The van der Waals surface area contributed by atoms with Gasteiger partial charge in [0, 0.05) is 10.9 Å². The van der Waals surface area contributed by atoms with E-state index in [1.807, 2.05) is 0 Å². The fraction of sp³-hybridized carbons (Fsp3) is 0.238. The van der Waals surface area contributed by atoms with E-state index in [0.717, 1.165) is 0 Å². The lowest BCUT2D eigenvalue weighted by molar-refractivity contribution is 0.103. The number of benzene rings is 2. The molecule has 0 saturated heterocycles. The van der Waals surface area contributed by atoms with Crippen molar-refractivity contribution in [2.24, 2.45) is 0 Å². The summed E-state index contributed by atoms with van der Waals surface area (Å²) in [6, 6.07) is 6.68. The summed E-state index contributed by atoms with van der Waals surface area (Å²) in [6.07, 6.45) is 0. The summed E-state index contributed by atoms with van der Waals surface area (Å²) in [5.74, 6) is 7.27. The molecule has 0 saturated carbocycles. The summed E-state index contributed by atoms with van der Waals surface area (Å²) in [7, 11) is 6.02. The third-order valence-electron chi connectivity index (χ3n) is 4.43. The van der Waals surface area contributed by atoms with Crippen molar-refractivity contribution >= 4 is 28.5 Å². The molecule has 156 valence electrons. The van der Waals surface area contributed by atoms with Gasteiger partial charge in [0.05, 0.1) is 40.5 Å². The van der Waals surface area contributed by atoms with Crippen LogP contribution in [0.15, 0.2) is 24.3 Å². The summed E-state index contributed by atoms with van der Waals surface area (Å²) in [5, 5.41) is 7.73. The summed E-state index contributed by atoms with van der Waals surface area (Å²) in [5.41, 5.74) is 1.74. The minimum Gasteiger partial charge on any atom is -0.495 e. The Hall–Kier alpha value is -3.41. The molecule has 0 unspecified atom stereocenters. The molecule has 0 aliphatic carbocycles. The molecule has 0 amide bonds. The first kappa shape index (κ1) is 21.3. The second-order valence-electron chi connectivity index (χ2n) is 5.99. The van der Waals surface area contributed by atoms with Crippen molar-refractivity contribution in [2.75, 3.05) is 35.0 Å². The van der Waals surface area contributed by atoms with Gasteiger partial charge < -0.3 is 18.9 Å². The highest BCUT2D eigenvalue weighted by atomic mass is 35.5. The van der Waals surface area contributed by atoms with E-state index in [0.29, 0.717) is 50.7 Å². The topological polar surface area (TPSA) is 94.7 Å². The van der Waals surface area contributed by atoms with Crippen molar-refractivity contribution < 1.29 is 23.7 Å². The minimum absolute atomic E-state index is 0.281. The average Bonchev–Trinajstić information content (AvgIpc) is 3.22. The zero-order chi connectivity index (χ0) is 21.7. The molecule has 0 aliphatic rings. The minimum atomic E-state index is -0.289. The Morgan fingerprint density at radius 3 is 2.30 bits per heavy atom. The molecule has 0 atom stereocenters. The maximum atomic E-state index is 13.3. The van der Waals surface area contributed by atoms with Gasteiger partial charge in [-0.05, 0) is 36.0 Å². The lowest BCUT2D eigenvalue weighted by atomic mass is 10.0. The van der Waals surface area contributed by atoms with Gasteiger partial charge in [-0.25, -0.2) is 4.84 Å². The number of hydrogen-bond donors (Lipinski definition) is 2. The highest BCUT2D eigenvalue weighted by Gasteiger charge is 2.22. The van der Waals surface area contributed by atoms with Crippen LogP contribution in [0.5, 0.6) is 23.0 Å². The van der Waals surface area contributed by atoms with Gasteiger partial charge in [-0.15, -0.1) is 0 Å². The fourth-order valence-corrected chi connectivity index (χ4v) is 3.12. The van der Waals surface area contributed by atoms with Crippen molar-refractivity contribution in [1.82, 2.24) is 15.0 Å². The van der Waals surface area contributed by atoms with Crippen LogP contribution in [0.2, 0.25) is 0 Å². The highest BCUT2D eigenvalue weighted by molar-refractivity contribution is 6.16. The molecule has 1 heterocycles. The second kappa shape index (κ2) is 9.39. The summed E-state index contributed by atoms with van der Waals surface area (Å²) in [6.45, 7) is 0.281. The number of nitrogens with one attached hydrogen (secondary N) is 2. The van der Waals surface area contributed by atoms with Crippen LogP contribution in [0.3, 0.4) is 0 Å². The van der Waals surface area contributed by atoms with Crippen molar-refractivity contribution in [3.8, 4) is 34.8 Å². The Kier molecular flexibility index (Phi) is 6.67. The van der Waals surface area contributed by atoms with E-state index in [9.17, 15) is 4.79 Å². The van der Waals surface area contributed by atoms with E-state index < -0.39 is 0 Å². The first-order valence-corrected chi connectivity index (χ1v) is 9.19. The summed E-state index contributed by atoms with van der Waals surface area (Å²) >= 11 is 5.46. The van der Waals surface area contributed by atoms with Crippen LogP contribution in [0.4, 0.5) is 0 Å². The number of aromatic nitrogens is 2. The van der Waals surface area contributed by atoms with Crippen LogP contribution in [-0.2, 0) is 0 Å². The molecule has 2 aromatic carbocycles. The predicted molar refractivity (Wildman–Crippen MR) is 113 cm³/mol. The van der Waals surface area contributed by atoms with Crippen LogP contribution >= 0.6 is 11.8 Å². The number of halogens is 1. The van der Waals surface area contributed by atoms with Crippen LogP contribution in [0, 0.1) is 11.8 Å². The van der Waals surface area contributed by atoms with Gasteiger partial charge in [0.1, 0.15) is 17.0 Å². The normalized spacial score (nSPS) is 10.3. The van der Waals surface area contributed by atoms with Gasteiger partial charge in [-0.1, -0.05) is 11.8 Å². The molecule has 0 bridgehead atoms. The SMILES string of the molecule is COc1cc(C(=O)c2[nH]nc3c(C#CCNCl)c(OC)ccc23)cc(OC)c1OC. The monoisotopic (exact) mass is 429 g/mol. The maximum absolute atomic E-state index is 13.3. The molecular formula is C21H20ClN3O5. The van der Waals surface area contributed by atoms with E-state index >= 15 is 0 Å². The zero-order valence-corrected chi connectivity index (χ0v) is 17.6. The Morgan fingerprint density at radius 1 is 1.07 bits per heavy atom. The first-order chi connectivity index (χ1) is 14.6. The molecule has 0 fully saturated rings. The Bertz CT molecular complexity index is 1120. The number of rotatable bonds is 7. The van der Waals surface area contributed by atoms with Crippen LogP contribution in [0.1, 0.15) is 21.6 Å². The molecular weight excluding hydrogens is 410 g/mol. The number of hydrogen-bond acceptors (Lipinski definition) is 7. The van der Waals surface area contributed by atoms with Gasteiger partial charge in [-0.2, -0.15) is 5.10 Å². The zero-order valence-electron chi connectivity index (χ0n) is 16.9. The molecule has 1 aromatic heterocycles. The number of H-pyrrole nitrogens is 1. The molecule has 3 rings (SSSR count). The Labute approximate surface area is 178 Å². The molecule has 2 N–H and O–H groups in total. The van der Waals surface area contributed by atoms with E-state index in [-0.39, 0.29) is 12.3 Å². The second-order valence-corrected chi connectivity index (χ2v) is 6.26. The molecule has 0 spiro atoms. The molecule has 0 radical (unpaired) electrons. The van der Waals surface area contributed by atoms with Gasteiger partial charge in [0.15, 0.2) is 11.5 Å². The smallest absolute Gasteiger partial charge is 0.211 e. The molecule has 9 heteroatoms. The lowest BCUT2D eigenvalue weighted by Crippen LogP contribution is -2.05. The van der Waals surface area contributed by atoms with E-state index in [1.165, 1.54) is 21.3 Å². The van der Waals surface area contributed by atoms with Gasteiger partial charge in [-0.3, -0.25) is 9.89 Å². The predicted octanol–water partition coefficient (Wildman–Crippen LogP) is 2.92. The number of methoxy groups -OCH3 is 4. The van der Waals surface area contributed by atoms with Gasteiger partial charge >= 0.3 is 0 Å². The number of ketones is 1. The Morgan fingerprint density at radius 2 is 1.73 bits per heavy atom. The van der Waals surface area contributed by atoms with Crippen molar-refractivity contribution in [3.63, 3.8) is 0 Å². The van der Waals surface area contributed by atoms with Crippen molar-refractivity contribution in [2.45, 2.75) is 0 Å². The molecule has 3 aromatic rings. The van der Waals surface area contributed by atoms with Crippen LogP contribution < -0.4 is 23.8 Å². The first-order valence-electron chi connectivity index (χ1n) is 8.81. The third-order valence-corrected chi connectivity index (χ3v) is 4.56. The molecule has 30 heavy (non-hydrogen) atoms. The van der Waals surface area contributed by atoms with E-state index in [2.05, 4.69) is 26.9 Å². The number of carbonyl (C=O) groups excluding carboxylic acids is 1. The fourth-order valence-electron chi connectivity index (χ4n) is 3.05. The van der Waals surface area contributed by atoms with Crippen molar-refractivity contribution in [3.05, 3.63) is 41.1 Å². The van der Waals surface area contributed by atoms with Crippen LogP contribution in [0.25, 0.3) is 10.9 Å². The van der Waals surface area contributed by atoms with Gasteiger partial charge in [0.2, 0.25) is 11.5 Å². The van der Waals surface area contributed by atoms with E-state index in [1.54, 1.807) is 31.4 Å². The molecule has 8 nitrogen and oxygen atoms in total. The average molecular weight is 430 g/mol. The summed E-state index contributed by atoms with van der Waals surface area (Å²) in [4.78, 5) is 15.7. The highest BCUT2D eigenvalue weighted by Crippen LogP contribution is 2.39. The Balaban J connectivity index is 2.13. The third kappa shape index (κ3) is 3.85.